The Morgan fingerprint density at radius 3 is 1.70 bits per heavy atom. The molecule has 0 aliphatic carbocycles. The van der Waals surface area contributed by atoms with E-state index in [1.807, 2.05) is 127 Å². The van der Waals surface area contributed by atoms with Crippen LogP contribution in [0.15, 0.2) is 194 Å². The molecule has 262 valence electrons. The number of hydrogen-bond donors (Lipinski definition) is 0. The number of hydrogen-bond acceptors (Lipinski definition) is 4. The lowest BCUT2D eigenvalue weighted by Gasteiger charge is -2.17. The zero-order valence-electron chi connectivity index (χ0n) is 37.6. The zero-order valence-corrected chi connectivity index (χ0v) is 30.4. The van der Waals surface area contributed by atoms with Gasteiger partial charge in [-0.25, -0.2) is 15.0 Å². The molecule has 0 saturated carbocycles. The van der Waals surface area contributed by atoms with E-state index in [4.69, 9.17) is 23.2 Å². The third kappa shape index (κ3) is 5.32. The highest BCUT2D eigenvalue weighted by molar-refractivity contribution is 7.26. The Hall–Kier alpha value is -7.21. The number of nitrogens with zero attached hydrogens (tertiary/aromatic N) is 4. The predicted molar refractivity (Wildman–Crippen MR) is 234 cm³/mol. The summed E-state index contributed by atoms with van der Waals surface area (Å²) in [5.74, 6) is 1.04. The highest BCUT2D eigenvalue weighted by atomic mass is 32.1. The van der Waals surface area contributed by atoms with Gasteiger partial charge < -0.3 is 4.57 Å². The van der Waals surface area contributed by atoms with Crippen LogP contribution >= 0.6 is 11.3 Å². The Labute approximate surface area is 338 Å². The van der Waals surface area contributed by atoms with Crippen molar-refractivity contribution in [1.29, 1.82) is 0 Å². The average Bonchev–Trinajstić information content (AvgIpc) is 3.91. The normalized spacial score (nSPS) is 13.6. The van der Waals surface area contributed by atoms with Crippen LogP contribution < -0.4 is 0 Å². The van der Waals surface area contributed by atoms with Gasteiger partial charge in [0, 0.05) is 47.6 Å². The summed E-state index contributed by atoms with van der Waals surface area (Å²) >= 11 is 1.65. The van der Waals surface area contributed by atoms with E-state index in [9.17, 15) is 2.74 Å². The fourth-order valence-electron chi connectivity index (χ4n) is 7.59. The van der Waals surface area contributed by atoms with E-state index >= 15 is 0 Å². The second kappa shape index (κ2) is 13.3. The second-order valence-electron chi connectivity index (χ2n) is 13.4. The van der Waals surface area contributed by atoms with Gasteiger partial charge in [-0.2, -0.15) is 0 Å². The summed E-state index contributed by atoms with van der Waals surface area (Å²) in [5.41, 5.74) is 5.79. The summed E-state index contributed by atoms with van der Waals surface area (Å²) in [5, 5.41) is 2.14. The highest BCUT2D eigenvalue weighted by Gasteiger charge is 2.22. The molecule has 0 N–H and O–H groups in total. The molecule has 0 fully saturated rings. The summed E-state index contributed by atoms with van der Waals surface area (Å²) < 4.78 is 75.6. The van der Waals surface area contributed by atoms with Gasteiger partial charge in [-0.05, 0) is 58.6 Å². The topological polar surface area (TPSA) is 43.6 Å². The van der Waals surface area contributed by atoms with Crippen molar-refractivity contribution in [3.8, 4) is 62.1 Å². The molecule has 56 heavy (non-hydrogen) atoms. The molecule has 0 saturated heterocycles. The van der Waals surface area contributed by atoms with Crippen LogP contribution in [-0.2, 0) is 0 Å². The summed E-state index contributed by atoms with van der Waals surface area (Å²) in [6, 6.07) is 43.9. The lowest BCUT2D eigenvalue weighted by Crippen LogP contribution is -2.04. The van der Waals surface area contributed by atoms with Gasteiger partial charge in [0.15, 0.2) is 17.5 Å². The van der Waals surface area contributed by atoms with Crippen LogP contribution in [0.1, 0.15) is 11.0 Å². The van der Waals surface area contributed by atoms with Crippen molar-refractivity contribution in [2.75, 3.05) is 0 Å². The number of fused-ring (bicyclic) bond motifs is 6. The first kappa shape index (κ1) is 25.0. The number of rotatable bonds is 6. The monoisotopic (exact) mass is 740 g/mol. The summed E-state index contributed by atoms with van der Waals surface area (Å²) in [6.07, 6.45) is 0. The first-order valence-electron chi connectivity index (χ1n) is 22.1. The molecule has 3 aromatic heterocycles. The van der Waals surface area contributed by atoms with Crippen molar-refractivity contribution in [2.24, 2.45) is 0 Å². The number of benzene rings is 8. The molecule has 11 rings (SSSR count). The summed E-state index contributed by atoms with van der Waals surface area (Å²) in [4.78, 5) is 15.8. The first-order chi connectivity index (χ1) is 31.1. The third-order valence-corrected chi connectivity index (χ3v) is 11.4. The third-order valence-electron chi connectivity index (χ3n) is 10.2. The molecule has 11 aromatic rings. The molecular weight excluding hydrogens is 701 g/mol. The average molecular weight is 741 g/mol. The quantitative estimate of drug-likeness (QED) is 0.170. The maximum atomic E-state index is 9.34. The van der Waals surface area contributed by atoms with Crippen LogP contribution in [0.4, 0.5) is 0 Å². The van der Waals surface area contributed by atoms with Crippen LogP contribution in [0.25, 0.3) is 104 Å². The first-order valence-corrected chi connectivity index (χ1v) is 18.9. The van der Waals surface area contributed by atoms with Gasteiger partial charge in [-0.3, -0.25) is 0 Å². The van der Waals surface area contributed by atoms with E-state index in [0.717, 1.165) is 53.6 Å². The Balaban J connectivity index is 1.29. The maximum absolute atomic E-state index is 9.34. The Bertz CT molecular complexity index is 3640. The minimum atomic E-state index is -0.513. The summed E-state index contributed by atoms with van der Waals surface area (Å²) in [6.45, 7) is 0. The van der Waals surface area contributed by atoms with E-state index in [0.29, 0.717) is 22.9 Å². The van der Waals surface area contributed by atoms with Gasteiger partial charge in [-0.1, -0.05) is 158 Å². The zero-order chi connectivity index (χ0) is 44.0. The van der Waals surface area contributed by atoms with Crippen molar-refractivity contribution in [3.63, 3.8) is 0 Å². The standard InChI is InChI=1S/C51H32N4S/c1-3-16-33(17-4-1)35-30-31-42(46(32-35)55-44-27-12-9-21-37(44)38-22-10-13-28-45(38)55)50-52-49(41-24-8-7-20-36(41)34-18-5-2-6-19-34)53-51(54-50)43-26-15-25-40-39-23-11-14-29-47(39)56-48(40)43/h1-32H/i9D,10D,12D,13D,21D,22D,27D,28D. The largest absolute Gasteiger partial charge is 0.308 e. The maximum Gasteiger partial charge on any atom is 0.166 e. The minimum absolute atomic E-state index is 0.00145. The molecule has 8 aromatic carbocycles. The molecule has 5 heteroatoms. The highest BCUT2D eigenvalue weighted by Crippen LogP contribution is 2.42. The molecule has 0 aliphatic heterocycles. The minimum Gasteiger partial charge on any atom is -0.308 e. The van der Waals surface area contributed by atoms with Crippen molar-refractivity contribution in [3.05, 3.63) is 194 Å². The number of thiophene rings is 1. The van der Waals surface area contributed by atoms with E-state index in [1.165, 1.54) is 4.57 Å². The summed E-state index contributed by atoms with van der Waals surface area (Å²) in [7, 11) is 0. The molecule has 0 spiro atoms. The molecule has 0 radical (unpaired) electrons. The molecule has 0 amide bonds. The molecule has 0 unspecified atom stereocenters. The van der Waals surface area contributed by atoms with E-state index < -0.39 is 48.3 Å². The van der Waals surface area contributed by atoms with Crippen molar-refractivity contribution in [1.82, 2.24) is 19.5 Å². The van der Waals surface area contributed by atoms with Crippen molar-refractivity contribution < 1.29 is 11.0 Å². The van der Waals surface area contributed by atoms with Crippen LogP contribution in [0.5, 0.6) is 0 Å². The Kier molecular flexibility index (Phi) is 5.92. The lowest BCUT2D eigenvalue weighted by atomic mass is 9.99. The molecule has 0 aliphatic rings. The molecule has 0 atom stereocenters. The van der Waals surface area contributed by atoms with Crippen molar-refractivity contribution >= 4 is 53.3 Å². The van der Waals surface area contributed by atoms with Gasteiger partial charge >= 0.3 is 0 Å². The predicted octanol–water partition coefficient (Wildman–Crippen LogP) is 13.7. The van der Waals surface area contributed by atoms with Crippen LogP contribution in [0.3, 0.4) is 0 Å². The van der Waals surface area contributed by atoms with Gasteiger partial charge in [0.1, 0.15) is 0 Å². The van der Waals surface area contributed by atoms with Crippen LogP contribution in [0, 0.1) is 0 Å². The Morgan fingerprint density at radius 1 is 0.411 bits per heavy atom. The molecular formula is C51H32N4S. The lowest BCUT2D eigenvalue weighted by molar-refractivity contribution is 1.07. The van der Waals surface area contributed by atoms with Gasteiger partial charge in [0.25, 0.3) is 0 Å². The van der Waals surface area contributed by atoms with Gasteiger partial charge in [0.05, 0.1) is 27.7 Å². The van der Waals surface area contributed by atoms with Crippen LogP contribution in [0.2, 0.25) is 0 Å². The Morgan fingerprint density at radius 2 is 0.964 bits per heavy atom. The smallest absolute Gasteiger partial charge is 0.166 e. The van der Waals surface area contributed by atoms with Gasteiger partial charge in [-0.15, -0.1) is 11.3 Å². The van der Waals surface area contributed by atoms with E-state index in [1.54, 1.807) is 11.3 Å². The van der Waals surface area contributed by atoms with E-state index in [-0.39, 0.29) is 27.6 Å². The fraction of sp³-hybridized carbons (Fsp3) is 0. The molecule has 3 heterocycles. The number of para-hydroxylation sites is 2. The van der Waals surface area contributed by atoms with Crippen molar-refractivity contribution in [2.45, 2.75) is 0 Å². The number of aromatic nitrogens is 4. The van der Waals surface area contributed by atoms with Gasteiger partial charge in [0.2, 0.25) is 0 Å². The van der Waals surface area contributed by atoms with Crippen LogP contribution in [-0.4, -0.2) is 19.5 Å². The molecule has 0 bridgehead atoms. The van der Waals surface area contributed by atoms with E-state index in [2.05, 4.69) is 18.2 Å². The fourth-order valence-corrected chi connectivity index (χ4v) is 8.80. The SMILES string of the molecule is [2H]c1c([2H])c([2H])c2c(c1[2H])c1c([2H])c([2H])c([2H])c([2H])c1n2-c1cc(-c2ccccc2)ccc1-c1nc(-c2ccccc2-c2ccccc2)nc(-c2cccc3c2sc2ccccc23)n1. The second-order valence-corrected chi connectivity index (χ2v) is 14.4. The molecule has 4 nitrogen and oxygen atoms in total.